The van der Waals surface area contributed by atoms with E-state index < -0.39 is 10.8 Å². The second-order valence-corrected chi connectivity index (χ2v) is 17.4. The van der Waals surface area contributed by atoms with E-state index in [1.165, 1.54) is 11.1 Å². The number of rotatable bonds is 7. The minimum atomic E-state index is -0.717. The van der Waals surface area contributed by atoms with Crippen LogP contribution < -0.4 is 4.90 Å². The molecule has 2 heteroatoms. The van der Waals surface area contributed by atoms with Crippen molar-refractivity contribution in [2.75, 3.05) is 4.90 Å². The molecule has 2 aliphatic carbocycles. The third kappa shape index (κ3) is 5.41. The van der Waals surface area contributed by atoms with Gasteiger partial charge in [0.2, 0.25) is 0 Å². The Kier molecular flexibility index (Phi) is 7.40. The maximum Gasteiger partial charge on any atom is 0.143 e. The first kappa shape index (κ1) is 33.4. The van der Waals surface area contributed by atoms with Crippen LogP contribution in [0.5, 0.6) is 0 Å². The van der Waals surface area contributed by atoms with Gasteiger partial charge >= 0.3 is 0 Å². The Bertz CT molecular complexity index is 3800. The van der Waals surface area contributed by atoms with E-state index in [9.17, 15) is 5.48 Å². The smallest absolute Gasteiger partial charge is 0.143 e. The molecule has 0 radical (unpaired) electrons. The summed E-state index contributed by atoms with van der Waals surface area (Å²) in [6.45, 7) is 2.28. The van der Waals surface area contributed by atoms with Gasteiger partial charge in [-0.05, 0) is 116 Å². The molecule has 1 atom stereocenters. The highest BCUT2D eigenvalue weighted by atomic mass is 16.3. The lowest BCUT2D eigenvalue weighted by Gasteiger charge is -2.35. The highest BCUT2D eigenvalue weighted by Crippen LogP contribution is 2.58. The molecule has 0 saturated carbocycles. The second-order valence-electron chi connectivity index (χ2n) is 17.4. The molecule has 306 valence electrons. The van der Waals surface area contributed by atoms with E-state index in [4.69, 9.17) is 4.42 Å². The third-order valence-corrected chi connectivity index (χ3v) is 14.1. The summed E-state index contributed by atoms with van der Waals surface area (Å²) in [7, 11) is 0. The fourth-order valence-corrected chi connectivity index (χ4v) is 11.2. The molecule has 13 rings (SSSR count). The summed E-state index contributed by atoms with van der Waals surface area (Å²) < 4.78 is 46.3. The summed E-state index contributed by atoms with van der Waals surface area (Å²) in [4.78, 5) is 1.96. The van der Waals surface area contributed by atoms with Gasteiger partial charge in [0.25, 0.3) is 0 Å². The average molecular weight is 834 g/mol. The van der Waals surface area contributed by atoms with Gasteiger partial charge in [0.05, 0.1) is 10.9 Å². The molecule has 10 aromatic carbocycles. The van der Waals surface area contributed by atoms with Crippen molar-refractivity contribution in [3.8, 4) is 33.4 Å². The fraction of sp³-hybridized carbons (Fsp3) is 0.0476. The van der Waals surface area contributed by atoms with Crippen LogP contribution in [0.25, 0.3) is 55.3 Å². The van der Waals surface area contributed by atoms with Crippen molar-refractivity contribution in [3.63, 3.8) is 0 Å². The van der Waals surface area contributed by atoms with E-state index >= 15 is 0 Å². The molecule has 0 aliphatic heterocycles. The lowest BCUT2D eigenvalue weighted by molar-refractivity contribution is 0.670. The van der Waals surface area contributed by atoms with Gasteiger partial charge < -0.3 is 9.32 Å². The van der Waals surface area contributed by atoms with Crippen LogP contribution in [0.1, 0.15) is 51.4 Å². The van der Waals surface area contributed by atoms with Gasteiger partial charge in [0.15, 0.2) is 0 Å². The largest absolute Gasteiger partial charge is 0.455 e. The minimum Gasteiger partial charge on any atom is -0.455 e. The predicted octanol–water partition coefficient (Wildman–Crippen LogP) is 16.4. The van der Waals surface area contributed by atoms with Crippen LogP contribution in [-0.4, -0.2) is 0 Å². The molecule has 0 spiro atoms. The lowest BCUT2D eigenvalue weighted by atomic mass is 9.67. The van der Waals surface area contributed by atoms with E-state index in [0.717, 1.165) is 66.5 Å². The number of anilines is 3. The molecule has 0 amide bonds. The Morgan fingerprint density at radius 1 is 0.385 bits per heavy atom. The number of hydrogen-bond donors (Lipinski definition) is 0. The van der Waals surface area contributed by atoms with E-state index in [1.54, 1.807) is 0 Å². The summed E-state index contributed by atoms with van der Waals surface area (Å²) in [5.41, 5.74) is 14.7. The summed E-state index contributed by atoms with van der Waals surface area (Å²) in [5, 5.41) is 1.78. The Morgan fingerprint density at radius 3 is 1.55 bits per heavy atom. The first-order valence-corrected chi connectivity index (χ1v) is 22.3. The van der Waals surface area contributed by atoms with Crippen molar-refractivity contribution in [1.82, 2.24) is 0 Å². The Balaban J connectivity index is 1.10. The standard InChI is InChI=1S/C63H43NO/c1-62(43-18-5-2-6-19-43)56-29-14-11-24-50(56)52-38-36-47(40-58(52)62)64(46-34-32-42(33-35-46)49-27-17-28-55-54-26-13-16-31-60(54)65-61(49)55)48-37-39-53-51-25-12-15-30-57(51)63(59(53)41-48,44-20-7-3-8-21-44)45-22-9-4-10-23-45/h2-41H,1H3/i32D,33D,34D,35D. The van der Waals surface area contributed by atoms with Gasteiger partial charge in [-0.1, -0.05) is 200 Å². The molecule has 0 N–H and O–H groups in total. The highest BCUT2D eigenvalue weighted by molar-refractivity contribution is 6.09. The number of benzene rings is 10. The Morgan fingerprint density at radius 2 is 0.877 bits per heavy atom. The number of nitrogens with zero attached hydrogens (tertiary/aromatic N) is 1. The molecule has 1 heterocycles. The maximum absolute atomic E-state index is 10.1. The summed E-state index contributed by atoms with van der Waals surface area (Å²) in [6.07, 6.45) is 0. The first-order chi connectivity index (χ1) is 33.8. The topological polar surface area (TPSA) is 16.4 Å². The van der Waals surface area contributed by atoms with Crippen molar-refractivity contribution in [2.45, 2.75) is 17.8 Å². The number of hydrogen-bond acceptors (Lipinski definition) is 2. The molecule has 65 heavy (non-hydrogen) atoms. The van der Waals surface area contributed by atoms with Crippen LogP contribution >= 0.6 is 0 Å². The normalized spacial score (nSPS) is 16.2. The summed E-state index contributed by atoms with van der Waals surface area (Å²) in [6, 6.07) is 75.0. The molecule has 0 saturated heterocycles. The van der Waals surface area contributed by atoms with Crippen molar-refractivity contribution in [1.29, 1.82) is 0 Å². The Hall–Kier alpha value is -8.20. The number of fused-ring (bicyclic) bond motifs is 9. The molecular weight excluding hydrogens is 787 g/mol. The zero-order chi connectivity index (χ0) is 46.6. The molecule has 0 bridgehead atoms. The molecule has 1 aromatic heterocycles. The van der Waals surface area contributed by atoms with Crippen molar-refractivity contribution >= 4 is 39.0 Å². The quantitative estimate of drug-likeness (QED) is 0.159. The molecule has 2 nitrogen and oxygen atoms in total. The van der Waals surface area contributed by atoms with Crippen molar-refractivity contribution in [2.24, 2.45) is 0 Å². The van der Waals surface area contributed by atoms with Crippen LogP contribution in [0.3, 0.4) is 0 Å². The van der Waals surface area contributed by atoms with Crippen molar-refractivity contribution in [3.05, 3.63) is 282 Å². The van der Waals surface area contributed by atoms with Gasteiger partial charge in [-0.2, -0.15) is 0 Å². The predicted molar refractivity (Wildman–Crippen MR) is 269 cm³/mol. The Labute approximate surface area is 385 Å². The van der Waals surface area contributed by atoms with E-state index in [0.29, 0.717) is 22.4 Å². The van der Waals surface area contributed by atoms with Crippen LogP contribution in [0.4, 0.5) is 17.1 Å². The van der Waals surface area contributed by atoms with Gasteiger partial charge in [0, 0.05) is 38.8 Å². The molecular formula is C63H43NO. The van der Waals surface area contributed by atoms with Gasteiger partial charge in [-0.3, -0.25) is 0 Å². The molecule has 2 aliphatic rings. The van der Waals surface area contributed by atoms with Crippen molar-refractivity contribution < 1.29 is 9.90 Å². The minimum absolute atomic E-state index is 0.150. The van der Waals surface area contributed by atoms with Crippen LogP contribution in [0, 0.1) is 0 Å². The van der Waals surface area contributed by atoms with Gasteiger partial charge in [-0.15, -0.1) is 0 Å². The SMILES string of the molecule is [2H]c1c([2H])c(N(c2ccc3c(c2)C(C)(c2ccccc2)c2ccccc2-3)c2ccc3c(c2)C(c2ccccc2)(c2ccccc2)c2ccccc2-3)c([2H])c([2H])c1-c1cccc2c1oc1ccccc12. The van der Waals surface area contributed by atoms with E-state index in [2.05, 4.69) is 177 Å². The molecule has 0 fully saturated rings. The number of furan rings is 1. The maximum atomic E-state index is 10.1. The second kappa shape index (κ2) is 14.4. The fourth-order valence-electron chi connectivity index (χ4n) is 11.2. The lowest BCUT2D eigenvalue weighted by Crippen LogP contribution is -2.28. The zero-order valence-corrected chi connectivity index (χ0v) is 35.6. The highest BCUT2D eigenvalue weighted by Gasteiger charge is 2.46. The number of para-hydroxylation sites is 2. The average Bonchev–Trinajstić information content (AvgIpc) is 4.02. The van der Waals surface area contributed by atoms with E-state index in [-0.39, 0.29) is 35.4 Å². The van der Waals surface area contributed by atoms with Crippen LogP contribution in [-0.2, 0) is 10.8 Å². The monoisotopic (exact) mass is 833 g/mol. The summed E-state index contributed by atoms with van der Waals surface area (Å²) >= 11 is 0. The van der Waals surface area contributed by atoms with Gasteiger partial charge in [-0.25, -0.2) is 0 Å². The summed E-state index contributed by atoms with van der Waals surface area (Å²) in [5.74, 6) is 0. The van der Waals surface area contributed by atoms with E-state index in [1.807, 2.05) is 53.4 Å². The third-order valence-electron chi connectivity index (χ3n) is 14.1. The zero-order valence-electron chi connectivity index (χ0n) is 39.6. The molecule has 11 aromatic rings. The first-order valence-electron chi connectivity index (χ1n) is 24.3. The van der Waals surface area contributed by atoms with Crippen LogP contribution in [0.2, 0.25) is 0 Å². The van der Waals surface area contributed by atoms with Crippen LogP contribution in [0.15, 0.2) is 247 Å². The molecule has 1 unspecified atom stereocenters. The van der Waals surface area contributed by atoms with Gasteiger partial charge in [0.1, 0.15) is 11.2 Å².